The summed E-state index contributed by atoms with van der Waals surface area (Å²) in [6.07, 6.45) is 6.03. The molecule has 0 bridgehead atoms. The molecule has 2 aromatic rings. The zero-order valence-corrected chi connectivity index (χ0v) is 11.1. The Bertz CT molecular complexity index is 615. The maximum atomic E-state index is 8.91. The molecule has 0 atom stereocenters. The normalized spacial score (nSPS) is 23.2. The zero-order valence-electron chi connectivity index (χ0n) is 11.1. The second-order valence-corrected chi connectivity index (χ2v) is 5.38. The second kappa shape index (κ2) is 4.93. The monoisotopic (exact) mass is 254 g/mol. The number of anilines is 1. The number of imidazole rings is 1. The Hall–Kier alpha value is -2.02. The van der Waals surface area contributed by atoms with Crippen molar-refractivity contribution < 1.29 is 0 Å². The third kappa shape index (κ3) is 2.41. The van der Waals surface area contributed by atoms with Gasteiger partial charge in [0, 0.05) is 24.7 Å². The Kier molecular flexibility index (Phi) is 3.12. The fraction of sp³-hybridized carbons (Fsp3) is 0.467. The Labute approximate surface area is 113 Å². The van der Waals surface area contributed by atoms with Crippen LogP contribution in [-0.2, 0) is 7.05 Å². The van der Waals surface area contributed by atoms with E-state index in [2.05, 4.69) is 34.6 Å². The summed E-state index contributed by atoms with van der Waals surface area (Å²) in [5.41, 5.74) is 3.31. The number of rotatable bonds is 2. The van der Waals surface area contributed by atoms with Crippen LogP contribution in [0.1, 0.15) is 25.7 Å². The second-order valence-electron chi connectivity index (χ2n) is 5.38. The molecule has 19 heavy (non-hydrogen) atoms. The molecule has 1 aromatic carbocycles. The van der Waals surface area contributed by atoms with Gasteiger partial charge in [-0.25, -0.2) is 4.98 Å². The lowest BCUT2D eigenvalue weighted by molar-refractivity contribution is 0.397. The first kappa shape index (κ1) is 12.0. The molecular formula is C15H18N4. The molecule has 0 unspecified atom stereocenters. The van der Waals surface area contributed by atoms with Crippen molar-refractivity contribution in [2.45, 2.75) is 31.7 Å². The number of nitriles is 1. The van der Waals surface area contributed by atoms with Crippen molar-refractivity contribution in [2.75, 3.05) is 5.32 Å². The van der Waals surface area contributed by atoms with E-state index in [0.717, 1.165) is 42.4 Å². The summed E-state index contributed by atoms with van der Waals surface area (Å²) in [7, 11) is 2.01. The van der Waals surface area contributed by atoms with Crippen molar-refractivity contribution in [1.82, 2.24) is 9.55 Å². The summed E-state index contributed by atoms with van der Waals surface area (Å²) in [4.78, 5) is 4.38. The van der Waals surface area contributed by atoms with Gasteiger partial charge in [-0.15, -0.1) is 0 Å². The number of aryl methyl sites for hydroxylation is 1. The SMILES string of the molecule is Cn1cnc2cc(NC3CCC(C#N)CC3)ccc21. The van der Waals surface area contributed by atoms with Gasteiger partial charge in [0.15, 0.2) is 0 Å². The molecule has 1 saturated carbocycles. The average Bonchev–Trinajstić information content (AvgIpc) is 2.81. The van der Waals surface area contributed by atoms with Gasteiger partial charge in [-0.2, -0.15) is 5.26 Å². The van der Waals surface area contributed by atoms with Gasteiger partial charge in [-0.3, -0.25) is 0 Å². The molecule has 0 radical (unpaired) electrons. The van der Waals surface area contributed by atoms with E-state index in [-0.39, 0.29) is 5.92 Å². The van der Waals surface area contributed by atoms with Crippen LogP contribution in [0.5, 0.6) is 0 Å². The fourth-order valence-corrected chi connectivity index (χ4v) is 2.83. The minimum atomic E-state index is 0.260. The molecule has 0 spiro atoms. The van der Waals surface area contributed by atoms with Gasteiger partial charge in [0.2, 0.25) is 0 Å². The van der Waals surface area contributed by atoms with E-state index in [4.69, 9.17) is 5.26 Å². The van der Waals surface area contributed by atoms with E-state index in [1.165, 1.54) is 0 Å². The third-order valence-electron chi connectivity index (χ3n) is 4.01. The summed E-state index contributed by atoms with van der Waals surface area (Å²) in [5.74, 6) is 0.260. The molecule has 4 nitrogen and oxygen atoms in total. The quantitative estimate of drug-likeness (QED) is 0.896. The minimum Gasteiger partial charge on any atom is -0.382 e. The molecule has 1 aliphatic carbocycles. The van der Waals surface area contributed by atoms with Crippen LogP contribution in [0.15, 0.2) is 24.5 Å². The summed E-state index contributed by atoms with van der Waals surface area (Å²) >= 11 is 0. The van der Waals surface area contributed by atoms with Crippen molar-refractivity contribution in [1.29, 1.82) is 5.26 Å². The first-order valence-corrected chi connectivity index (χ1v) is 6.83. The van der Waals surface area contributed by atoms with E-state index in [0.29, 0.717) is 6.04 Å². The molecule has 4 heteroatoms. The lowest BCUT2D eigenvalue weighted by atomic mass is 9.87. The van der Waals surface area contributed by atoms with Crippen molar-refractivity contribution in [3.05, 3.63) is 24.5 Å². The summed E-state index contributed by atoms with van der Waals surface area (Å²) < 4.78 is 2.03. The van der Waals surface area contributed by atoms with Gasteiger partial charge in [0.25, 0.3) is 0 Å². The highest BCUT2D eigenvalue weighted by atomic mass is 15.0. The van der Waals surface area contributed by atoms with Crippen LogP contribution in [-0.4, -0.2) is 15.6 Å². The van der Waals surface area contributed by atoms with Crippen molar-refractivity contribution in [3.8, 4) is 6.07 Å². The van der Waals surface area contributed by atoms with Crippen LogP contribution in [0, 0.1) is 17.2 Å². The molecule has 1 fully saturated rings. The highest BCUT2D eigenvalue weighted by Gasteiger charge is 2.20. The maximum Gasteiger partial charge on any atom is 0.0955 e. The van der Waals surface area contributed by atoms with E-state index >= 15 is 0 Å². The number of fused-ring (bicyclic) bond motifs is 1. The molecule has 0 aliphatic heterocycles. The Morgan fingerprint density at radius 1 is 1.32 bits per heavy atom. The van der Waals surface area contributed by atoms with Crippen molar-refractivity contribution in [2.24, 2.45) is 13.0 Å². The number of nitrogens with zero attached hydrogens (tertiary/aromatic N) is 3. The van der Waals surface area contributed by atoms with Crippen LogP contribution in [0.4, 0.5) is 5.69 Å². The maximum absolute atomic E-state index is 8.91. The number of aromatic nitrogens is 2. The molecule has 1 aliphatic rings. The number of nitrogens with one attached hydrogen (secondary N) is 1. The molecule has 3 rings (SSSR count). The van der Waals surface area contributed by atoms with Crippen LogP contribution in [0.3, 0.4) is 0 Å². The number of hydrogen-bond donors (Lipinski definition) is 1. The fourth-order valence-electron chi connectivity index (χ4n) is 2.83. The molecule has 0 saturated heterocycles. The van der Waals surface area contributed by atoms with Gasteiger partial charge in [0.1, 0.15) is 0 Å². The standard InChI is InChI=1S/C15H18N4/c1-19-10-17-14-8-13(6-7-15(14)19)18-12-4-2-11(9-16)3-5-12/h6-8,10-12,18H,2-5H2,1H3. The lowest BCUT2D eigenvalue weighted by Crippen LogP contribution is -2.25. The number of benzene rings is 1. The third-order valence-corrected chi connectivity index (χ3v) is 4.01. The minimum absolute atomic E-state index is 0.260. The van der Waals surface area contributed by atoms with Gasteiger partial charge >= 0.3 is 0 Å². The van der Waals surface area contributed by atoms with Gasteiger partial charge in [0.05, 0.1) is 23.4 Å². The van der Waals surface area contributed by atoms with Gasteiger partial charge in [-0.1, -0.05) is 0 Å². The summed E-state index contributed by atoms with van der Waals surface area (Å²) in [6, 6.07) is 9.18. The summed E-state index contributed by atoms with van der Waals surface area (Å²) in [5, 5.41) is 12.5. The molecule has 1 aromatic heterocycles. The van der Waals surface area contributed by atoms with E-state index in [1.54, 1.807) is 0 Å². The average molecular weight is 254 g/mol. The molecule has 0 amide bonds. The Balaban J connectivity index is 1.70. The lowest BCUT2D eigenvalue weighted by Gasteiger charge is -2.26. The van der Waals surface area contributed by atoms with Crippen LogP contribution in [0.25, 0.3) is 11.0 Å². The smallest absolute Gasteiger partial charge is 0.0955 e. The van der Waals surface area contributed by atoms with E-state index in [1.807, 2.05) is 17.9 Å². The highest BCUT2D eigenvalue weighted by Crippen LogP contribution is 2.27. The first-order chi connectivity index (χ1) is 9.26. The Morgan fingerprint density at radius 3 is 2.84 bits per heavy atom. The van der Waals surface area contributed by atoms with E-state index in [9.17, 15) is 0 Å². The van der Waals surface area contributed by atoms with Gasteiger partial charge in [-0.05, 0) is 43.9 Å². The van der Waals surface area contributed by atoms with Crippen molar-refractivity contribution in [3.63, 3.8) is 0 Å². The van der Waals surface area contributed by atoms with Crippen LogP contribution < -0.4 is 5.32 Å². The largest absolute Gasteiger partial charge is 0.382 e. The van der Waals surface area contributed by atoms with Crippen molar-refractivity contribution >= 4 is 16.7 Å². The molecule has 1 N–H and O–H groups in total. The zero-order chi connectivity index (χ0) is 13.2. The van der Waals surface area contributed by atoms with Crippen LogP contribution >= 0.6 is 0 Å². The van der Waals surface area contributed by atoms with Gasteiger partial charge < -0.3 is 9.88 Å². The van der Waals surface area contributed by atoms with E-state index < -0.39 is 0 Å². The predicted octanol–water partition coefficient (Wildman–Crippen LogP) is 3.07. The molecular weight excluding hydrogens is 236 g/mol. The molecule has 98 valence electrons. The highest BCUT2D eigenvalue weighted by molar-refractivity contribution is 5.79. The summed E-state index contributed by atoms with van der Waals surface area (Å²) in [6.45, 7) is 0. The number of hydrogen-bond acceptors (Lipinski definition) is 3. The topological polar surface area (TPSA) is 53.6 Å². The molecule has 1 heterocycles. The Morgan fingerprint density at radius 2 is 2.11 bits per heavy atom. The van der Waals surface area contributed by atoms with Crippen LogP contribution in [0.2, 0.25) is 0 Å². The first-order valence-electron chi connectivity index (χ1n) is 6.83. The predicted molar refractivity (Wildman–Crippen MR) is 75.7 cm³/mol.